The highest BCUT2D eigenvalue weighted by atomic mass is 79.9. The number of hydrogen-bond acceptors (Lipinski definition) is 4. The van der Waals surface area contributed by atoms with E-state index in [1.807, 2.05) is 24.3 Å². The lowest BCUT2D eigenvalue weighted by Crippen LogP contribution is -2.04. The maximum Gasteiger partial charge on any atom is 0.416 e. The molecule has 0 saturated carbocycles. The number of nitrogens with zero attached hydrogens (tertiary/aromatic N) is 2. The van der Waals surface area contributed by atoms with Crippen LogP contribution in [0.3, 0.4) is 0 Å². The SMILES string of the molecule is FC(F)(F)c1ccc(CSc2nnc(-c3ccc(Br)cc3)o2)cc1. The average Bonchev–Trinajstić information content (AvgIpc) is 3.02. The fraction of sp³-hybridized carbons (Fsp3) is 0.125. The van der Waals surface area contributed by atoms with Gasteiger partial charge in [0.25, 0.3) is 5.22 Å². The van der Waals surface area contributed by atoms with E-state index in [2.05, 4.69) is 26.1 Å². The van der Waals surface area contributed by atoms with Crippen molar-refractivity contribution in [2.24, 2.45) is 0 Å². The summed E-state index contributed by atoms with van der Waals surface area (Å²) in [4.78, 5) is 0. The van der Waals surface area contributed by atoms with Crippen LogP contribution in [-0.4, -0.2) is 10.2 Å². The summed E-state index contributed by atoms with van der Waals surface area (Å²) in [6.45, 7) is 0. The molecule has 0 aliphatic heterocycles. The topological polar surface area (TPSA) is 38.9 Å². The quantitative estimate of drug-likeness (QED) is 0.504. The van der Waals surface area contributed by atoms with Gasteiger partial charge in [0.1, 0.15) is 0 Å². The smallest absolute Gasteiger partial charge is 0.411 e. The fourth-order valence-electron chi connectivity index (χ4n) is 1.91. The number of aromatic nitrogens is 2. The van der Waals surface area contributed by atoms with E-state index in [9.17, 15) is 13.2 Å². The molecule has 2 aromatic carbocycles. The Kier molecular flexibility index (Phi) is 4.96. The minimum Gasteiger partial charge on any atom is -0.411 e. The molecule has 0 aliphatic carbocycles. The first kappa shape index (κ1) is 17.0. The Morgan fingerprint density at radius 1 is 0.958 bits per heavy atom. The third-order valence-electron chi connectivity index (χ3n) is 3.14. The predicted octanol–water partition coefficient (Wildman–Crippen LogP) is 5.81. The maximum atomic E-state index is 12.5. The first-order chi connectivity index (χ1) is 11.4. The lowest BCUT2D eigenvalue weighted by Gasteiger charge is -2.06. The molecular weight excluding hydrogens is 405 g/mol. The van der Waals surface area contributed by atoms with Gasteiger partial charge in [0.05, 0.1) is 5.56 Å². The van der Waals surface area contributed by atoms with Crippen LogP contribution in [0.4, 0.5) is 13.2 Å². The summed E-state index contributed by atoms with van der Waals surface area (Å²) in [5.41, 5.74) is 0.884. The van der Waals surface area contributed by atoms with Crippen LogP contribution < -0.4 is 0 Å². The molecule has 0 fully saturated rings. The van der Waals surface area contributed by atoms with Crippen LogP contribution in [0, 0.1) is 0 Å². The van der Waals surface area contributed by atoms with E-state index >= 15 is 0 Å². The van der Waals surface area contributed by atoms with E-state index in [0.717, 1.165) is 27.7 Å². The van der Waals surface area contributed by atoms with E-state index in [4.69, 9.17) is 4.42 Å². The van der Waals surface area contributed by atoms with Gasteiger partial charge in [-0.1, -0.05) is 39.8 Å². The first-order valence-electron chi connectivity index (χ1n) is 6.80. The third-order valence-corrected chi connectivity index (χ3v) is 4.56. The Morgan fingerprint density at radius 2 is 1.62 bits per heavy atom. The second-order valence-corrected chi connectivity index (χ2v) is 6.71. The van der Waals surface area contributed by atoms with Gasteiger partial charge in [0, 0.05) is 15.8 Å². The molecule has 3 rings (SSSR count). The highest BCUT2D eigenvalue weighted by Gasteiger charge is 2.29. The molecular formula is C16H10BrF3N2OS. The van der Waals surface area contributed by atoms with E-state index in [-0.39, 0.29) is 0 Å². The van der Waals surface area contributed by atoms with Gasteiger partial charge >= 0.3 is 6.18 Å². The molecule has 0 N–H and O–H groups in total. The van der Waals surface area contributed by atoms with Crippen LogP contribution in [0.15, 0.2) is 62.6 Å². The van der Waals surface area contributed by atoms with Crippen molar-refractivity contribution in [1.29, 1.82) is 0 Å². The average molecular weight is 415 g/mol. The molecule has 0 unspecified atom stereocenters. The van der Waals surface area contributed by atoms with Gasteiger partial charge < -0.3 is 4.42 Å². The largest absolute Gasteiger partial charge is 0.416 e. The summed E-state index contributed by atoms with van der Waals surface area (Å²) < 4.78 is 44.1. The fourth-order valence-corrected chi connectivity index (χ4v) is 2.90. The van der Waals surface area contributed by atoms with Crippen LogP contribution in [0.25, 0.3) is 11.5 Å². The monoisotopic (exact) mass is 414 g/mol. The van der Waals surface area contributed by atoms with Gasteiger partial charge in [-0.15, -0.1) is 10.2 Å². The lowest BCUT2D eigenvalue weighted by molar-refractivity contribution is -0.137. The summed E-state index contributed by atoms with van der Waals surface area (Å²) in [5.74, 6) is 0.845. The summed E-state index contributed by atoms with van der Waals surface area (Å²) in [6, 6.07) is 12.5. The number of thioether (sulfide) groups is 1. The number of benzene rings is 2. The minimum absolute atomic E-state index is 0.368. The summed E-state index contributed by atoms with van der Waals surface area (Å²) in [5, 5.41) is 8.28. The van der Waals surface area contributed by atoms with Crippen molar-refractivity contribution in [3.8, 4) is 11.5 Å². The van der Waals surface area contributed by atoms with Gasteiger partial charge in [-0.3, -0.25) is 0 Å². The Hall–Kier alpha value is -1.80. The van der Waals surface area contributed by atoms with Crippen molar-refractivity contribution in [2.75, 3.05) is 0 Å². The van der Waals surface area contributed by atoms with Gasteiger partial charge in [-0.05, 0) is 42.0 Å². The molecule has 0 aliphatic rings. The van der Waals surface area contributed by atoms with Crippen LogP contribution in [-0.2, 0) is 11.9 Å². The lowest BCUT2D eigenvalue weighted by atomic mass is 10.1. The third kappa shape index (κ3) is 4.18. The van der Waals surface area contributed by atoms with Crippen LogP contribution in [0.1, 0.15) is 11.1 Å². The predicted molar refractivity (Wildman–Crippen MR) is 88.4 cm³/mol. The van der Waals surface area contributed by atoms with Crippen molar-refractivity contribution in [1.82, 2.24) is 10.2 Å². The molecule has 0 radical (unpaired) electrons. The second-order valence-electron chi connectivity index (χ2n) is 4.86. The zero-order chi connectivity index (χ0) is 17.2. The Balaban J connectivity index is 1.64. The normalized spacial score (nSPS) is 11.7. The molecule has 0 bridgehead atoms. The number of rotatable bonds is 4. The molecule has 1 heterocycles. The molecule has 124 valence electrons. The van der Waals surface area contributed by atoms with Gasteiger partial charge in [-0.2, -0.15) is 13.2 Å². The van der Waals surface area contributed by atoms with Gasteiger partial charge in [-0.25, -0.2) is 0 Å². The van der Waals surface area contributed by atoms with Crippen molar-refractivity contribution >= 4 is 27.7 Å². The Morgan fingerprint density at radius 3 is 2.25 bits per heavy atom. The summed E-state index contributed by atoms with van der Waals surface area (Å²) >= 11 is 4.62. The molecule has 1 aromatic heterocycles. The molecule has 0 amide bonds. The molecule has 8 heteroatoms. The van der Waals surface area contributed by atoms with Crippen LogP contribution in [0.5, 0.6) is 0 Å². The highest BCUT2D eigenvalue weighted by molar-refractivity contribution is 9.10. The van der Waals surface area contributed by atoms with E-state index < -0.39 is 11.7 Å². The van der Waals surface area contributed by atoms with Crippen LogP contribution in [0.2, 0.25) is 0 Å². The maximum absolute atomic E-state index is 12.5. The van der Waals surface area contributed by atoms with Crippen molar-refractivity contribution in [3.05, 3.63) is 64.1 Å². The molecule has 0 spiro atoms. The van der Waals surface area contributed by atoms with E-state index in [0.29, 0.717) is 16.9 Å². The first-order valence-corrected chi connectivity index (χ1v) is 8.58. The Bertz CT molecular complexity index is 817. The summed E-state index contributed by atoms with van der Waals surface area (Å²) in [7, 11) is 0. The zero-order valence-electron chi connectivity index (χ0n) is 12.0. The molecule has 0 saturated heterocycles. The standard InChI is InChI=1S/C16H10BrF3N2OS/c17-13-7-3-11(4-8-13)14-21-22-15(23-14)24-9-10-1-5-12(6-2-10)16(18,19)20/h1-8H,9H2. The molecule has 0 atom stereocenters. The van der Waals surface area contributed by atoms with Crippen molar-refractivity contribution < 1.29 is 17.6 Å². The zero-order valence-corrected chi connectivity index (χ0v) is 14.5. The second kappa shape index (κ2) is 6.98. The molecule has 24 heavy (non-hydrogen) atoms. The van der Waals surface area contributed by atoms with Crippen LogP contribution >= 0.6 is 27.7 Å². The van der Waals surface area contributed by atoms with E-state index in [1.54, 1.807) is 0 Å². The van der Waals surface area contributed by atoms with Crippen molar-refractivity contribution in [3.63, 3.8) is 0 Å². The van der Waals surface area contributed by atoms with E-state index in [1.165, 1.54) is 23.9 Å². The molecule has 3 nitrogen and oxygen atoms in total. The summed E-state index contributed by atoms with van der Waals surface area (Å²) in [6.07, 6.45) is -4.32. The van der Waals surface area contributed by atoms with Crippen molar-refractivity contribution in [2.45, 2.75) is 17.2 Å². The molecule has 3 aromatic rings. The number of alkyl halides is 3. The van der Waals surface area contributed by atoms with Gasteiger partial charge in [0.15, 0.2) is 0 Å². The number of halogens is 4. The minimum atomic E-state index is -4.32. The number of hydrogen-bond donors (Lipinski definition) is 0. The highest BCUT2D eigenvalue weighted by Crippen LogP contribution is 2.30. The Labute approximate surface area is 148 Å². The van der Waals surface area contributed by atoms with Gasteiger partial charge in [0.2, 0.25) is 5.89 Å².